The van der Waals surface area contributed by atoms with Crippen molar-refractivity contribution in [1.82, 2.24) is 4.90 Å². The van der Waals surface area contributed by atoms with E-state index in [1.807, 2.05) is 30.3 Å². The fraction of sp³-hybridized carbons (Fsp3) is 0.450. The molecule has 7 heteroatoms. The predicted molar refractivity (Wildman–Crippen MR) is 113 cm³/mol. The third kappa shape index (κ3) is 6.66. The van der Waals surface area contributed by atoms with E-state index in [9.17, 15) is 9.59 Å². The summed E-state index contributed by atoms with van der Waals surface area (Å²) in [7, 11) is 0. The van der Waals surface area contributed by atoms with Crippen LogP contribution in [0.25, 0.3) is 6.08 Å². The minimum absolute atomic E-state index is 0.137. The third-order valence-corrected chi connectivity index (χ3v) is 5.29. The first-order chi connectivity index (χ1) is 13.0. The second-order valence-corrected chi connectivity index (χ2v) is 7.69. The Morgan fingerprint density at radius 3 is 2.63 bits per heavy atom. The van der Waals surface area contributed by atoms with Gasteiger partial charge in [-0.15, -0.1) is 0 Å². The maximum Gasteiger partial charge on any atom is 0.307 e. The van der Waals surface area contributed by atoms with E-state index in [4.69, 9.17) is 21.7 Å². The van der Waals surface area contributed by atoms with Crippen LogP contribution in [0.3, 0.4) is 0 Å². The lowest BCUT2D eigenvalue weighted by atomic mass is 10.2. The number of esters is 1. The molecule has 1 aliphatic heterocycles. The van der Waals surface area contributed by atoms with Crippen LogP contribution in [0, 0.1) is 0 Å². The summed E-state index contributed by atoms with van der Waals surface area (Å²) >= 11 is 6.52. The zero-order valence-corrected chi connectivity index (χ0v) is 17.4. The second-order valence-electron chi connectivity index (χ2n) is 6.01. The highest BCUT2D eigenvalue weighted by Gasteiger charge is 2.32. The fourth-order valence-corrected chi connectivity index (χ4v) is 3.79. The Morgan fingerprint density at radius 2 is 1.96 bits per heavy atom. The van der Waals surface area contributed by atoms with Gasteiger partial charge in [-0.1, -0.05) is 55.9 Å². The first-order valence-corrected chi connectivity index (χ1v) is 10.4. The summed E-state index contributed by atoms with van der Waals surface area (Å²) in [5, 5.41) is 0. The summed E-state index contributed by atoms with van der Waals surface area (Å²) in [4.78, 5) is 26.0. The minimum Gasteiger partial charge on any atom is -0.494 e. The molecule has 0 bridgehead atoms. The number of hydrogen-bond donors (Lipinski definition) is 0. The van der Waals surface area contributed by atoms with Gasteiger partial charge in [-0.05, 0) is 37.1 Å². The zero-order chi connectivity index (χ0) is 19.6. The highest BCUT2D eigenvalue weighted by molar-refractivity contribution is 8.26. The Balaban J connectivity index is 1.93. The largest absolute Gasteiger partial charge is 0.494 e. The van der Waals surface area contributed by atoms with Crippen LogP contribution in [0.2, 0.25) is 0 Å². The number of benzene rings is 1. The average molecular weight is 408 g/mol. The lowest BCUT2D eigenvalue weighted by Gasteiger charge is -2.13. The first-order valence-electron chi connectivity index (χ1n) is 9.19. The summed E-state index contributed by atoms with van der Waals surface area (Å²) in [5.74, 6) is 0.324. The van der Waals surface area contributed by atoms with E-state index >= 15 is 0 Å². The number of carbonyl (C=O) groups is 2. The summed E-state index contributed by atoms with van der Waals surface area (Å²) < 4.78 is 11.1. The van der Waals surface area contributed by atoms with Crippen molar-refractivity contribution in [3.8, 4) is 5.75 Å². The number of thiocarbonyl (C=S) groups is 1. The molecule has 27 heavy (non-hydrogen) atoms. The average Bonchev–Trinajstić information content (AvgIpc) is 2.92. The van der Waals surface area contributed by atoms with Gasteiger partial charge in [0.1, 0.15) is 10.1 Å². The van der Waals surface area contributed by atoms with Gasteiger partial charge in [0.15, 0.2) is 0 Å². The molecular formula is C20H25NO4S2. The molecule has 0 aromatic heterocycles. The smallest absolute Gasteiger partial charge is 0.307 e. The van der Waals surface area contributed by atoms with E-state index in [2.05, 4.69) is 6.92 Å². The maximum absolute atomic E-state index is 12.5. The van der Waals surface area contributed by atoms with Crippen LogP contribution in [-0.2, 0) is 14.3 Å². The van der Waals surface area contributed by atoms with Crippen molar-refractivity contribution in [3.63, 3.8) is 0 Å². The highest BCUT2D eigenvalue weighted by Crippen LogP contribution is 2.32. The van der Waals surface area contributed by atoms with Gasteiger partial charge in [0, 0.05) is 6.54 Å². The molecule has 0 spiro atoms. The van der Waals surface area contributed by atoms with Crippen LogP contribution in [0.5, 0.6) is 5.75 Å². The van der Waals surface area contributed by atoms with E-state index in [-0.39, 0.29) is 24.8 Å². The van der Waals surface area contributed by atoms with Gasteiger partial charge in [0.05, 0.1) is 24.5 Å². The molecule has 0 N–H and O–H groups in total. The molecule has 1 heterocycles. The van der Waals surface area contributed by atoms with Crippen molar-refractivity contribution in [3.05, 3.63) is 34.7 Å². The van der Waals surface area contributed by atoms with Crippen molar-refractivity contribution >= 4 is 46.3 Å². The Hall–Kier alpha value is -1.86. The molecule has 1 aliphatic rings. The van der Waals surface area contributed by atoms with Gasteiger partial charge >= 0.3 is 5.97 Å². The number of thioether (sulfide) groups is 1. The van der Waals surface area contributed by atoms with E-state index in [1.165, 1.54) is 23.1 Å². The van der Waals surface area contributed by atoms with Gasteiger partial charge < -0.3 is 9.47 Å². The second kappa shape index (κ2) is 11.1. The van der Waals surface area contributed by atoms with Crippen molar-refractivity contribution in [1.29, 1.82) is 0 Å². The topological polar surface area (TPSA) is 55.8 Å². The summed E-state index contributed by atoms with van der Waals surface area (Å²) in [5.41, 5.74) is 0.904. The Bertz CT molecular complexity index is 700. The Labute approximate surface area is 170 Å². The highest BCUT2D eigenvalue weighted by atomic mass is 32.2. The summed E-state index contributed by atoms with van der Waals surface area (Å²) in [6.45, 7) is 5.20. The number of ether oxygens (including phenoxy) is 2. The molecule has 2 rings (SSSR count). The molecule has 1 fully saturated rings. The van der Waals surface area contributed by atoms with Gasteiger partial charge in [-0.25, -0.2) is 0 Å². The molecule has 1 saturated heterocycles. The molecule has 0 unspecified atom stereocenters. The molecular weight excluding hydrogens is 382 g/mol. The van der Waals surface area contributed by atoms with Gasteiger partial charge in [0.25, 0.3) is 5.91 Å². The molecule has 1 aromatic rings. The number of rotatable bonds is 10. The maximum atomic E-state index is 12.5. The molecule has 1 aromatic carbocycles. The molecule has 1 amide bonds. The van der Waals surface area contributed by atoms with Gasteiger partial charge in [-0.3, -0.25) is 14.5 Å². The van der Waals surface area contributed by atoms with Gasteiger partial charge in [-0.2, -0.15) is 0 Å². The molecule has 5 nitrogen and oxygen atoms in total. The van der Waals surface area contributed by atoms with Crippen LogP contribution < -0.4 is 4.74 Å². The normalized spacial score (nSPS) is 15.5. The Morgan fingerprint density at radius 1 is 1.22 bits per heavy atom. The minimum atomic E-state index is -0.329. The number of hydrogen-bond acceptors (Lipinski definition) is 6. The zero-order valence-electron chi connectivity index (χ0n) is 15.7. The van der Waals surface area contributed by atoms with Crippen LogP contribution in [0.15, 0.2) is 29.2 Å². The fourth-order valence-electron chi connectivity index (χ4n) is 2.48. The van der Waals surface area contributed by atoms with Crippen molar-refractivity contribution in [2.75, 3.05) is 19.8 Å². The van der Waals surface area contributed by atoms with E-state index < -0.39 is 0 Å². The number of unbranched alkanes of at least 4 members (excludes halogenated alkanes) is 2. The molecule has 0 radical (unpaired) electrons. The molecule has 0 atom stereocenters. The van der Waals surface area contributed by atoms with Crippen molar-refractivity contribution in [2.45, 2.75) is 39.5 Å². The monoisotopic (exact) mass is 407 g/mol. The van der Waals surface area contributed by atoms with Crippen LogP contribution in [-0.4, -0.2) is 40.9 Å². The first kappa shape index (κ1) is 21.4. The Kier molecular flexibility index (Phi) is 8.81. The SMILES string of the molecule is CCCCCOc1ccc(/C=C2\SC(=S)N(CCC(=O)OCC)C2=O)cc1. The van der Waals surface area contributed by atoms with Crippen LogP contribution in [0.4, 0.5) is 0 Å². The lowest BCUT2D eigenvalue weighted by molar-refractivity contribution is -0.143. The number of amides is 1. The number of nitrogens with zero attached hydrogens (tertiary/aromatic N) is 1. The van der Waals surface area contributed by atoms with Crippen molar-refractivity contribution in [2.24, 2.45) is 0 Å². The molecule has 0 saturated carbocycles. The third-order valence-electron chi connectivity index (χ3n) is 3.91. The summed E-state index contributed by atoms with van der Waals surface area (Å²) in [6, 6.07) is 7.64. The van der Waals surface area contributed by atoms with Crippen LogP contribution >= 0.6 is 24.0 Å². The predicted octanol–water partition coefficient (Wildman–Crippen LogP) is 4.41. The van der Waals surface area contributed by atoms with E-state index in [0.29, 0.717) is 22.4 Å². The van der Waals surface area contributed by atoms with E-state index in [0.717, 1.165) is 24.2 Å². The lowest BCUT2D eigenvalue weighted by Crippen LogP contribution is -2.30. The van der Waals surface area contributed by atoms with Gasteiger partial charge in [0.2, 0.25) is 0 Å². The summed E-state index contributed by atoms with van der Waals surface area (Å²) in [6.07, 6.45) is 5.32. The quantitative estimate of drug-likeness (QED) is 0.248. The number of carbonyl (C=O) groups excluding carboxylic acids is 2. The standard InChI is InChI=1S/C20H25NO4S2/c1-3-5-6-13-25-16-9-7-15(8-10-16)14-17-19(23)21(20(26)27-17)12-11-18(22)24-4-2/h7-10,14H,3-6,11-13H2,1-2H3/b17-14-. The molecule has 146 valence electrons. The van der Waals surface area contributed by atoms with Crippen LogP contribution in [0.1, 0.15) is 45.1 Å². The van der Waals surface area contributed by atoms with Crippen molar-refractivity contribution < 1.29 is 19.1 Å². The van der Waals surface area contributed by atoms with E-state index in [1.54, 1.807) is 6.92 Å². The molecule has 0 aliphatic carbocycles.